The van der Waals surface area contributed by atoms with Gasteiger partial charge in [-0.2, -0.15) is 12.7 Å². The lowest BCUT2D eigenvalue weighted by molar-refractivity contribution is 0.204. The first-order chi connectivity index (χ1) is 6.46. The van der Waals surface area contributed by atoms with E-state index in [1.54, 1.807) is 0 Å². The van der Waals surface area contributed by atoms with E-state index in [0.717, 1.165) is 25.7 Å². The van der Waals surface area contributed by atoms with Crippen LogP contribution in [0.1, 0.15) is 25.7 Å². The van der Waals surface area contributed by atoms with E-state index in [0.29, 0.717) is 6.54 Å². The summed E-state index contributed by atoms with van der Waals surface area (Å²) in [6.45, 7) is 0.532. The second kappa shape index (κ2) is 4.57. The van der Waals surface area contributed by atoms with Gasteiger partial charge in [-0.05, 0) is 25.3 Å². The maximum Gasteiger partial charge on any atom is 0.276 e. The lowest BCUT2D eigenvalue weighted by Crippen LogP contribution is -2.48. The van der Waals surface area contributed by atoms with Crippen LogP contribution in [0, 0.1) is 5.92 Å². The van der Waals surface area contributed by atoms with E-state index < -0.39 is 10.2 Å². The molecule has 0 amide bonds. The molecule has 0 saturated heterocycles. The lowest BCUT2D eigenvalue weighted by Gasteiger charge is -2.35. The van der Waals surface area contributed by atoms with Gasteiger partial charge < -0.3 is 5.73 Å². The normalized spacial score (nSPS) is 29.4. The van der Waals surface area contributed by atoms with Crippen LogP contribution in [0.15, 0.2) is 0 Å². The molecule has 1 saturated carbocycles. The van der Waals surface area contributed by atoms with Gasteiger partial charge in [0.15, 0.2) is 0 Å². The summed E-state index contributed by atoms with van der Waals surface area (Å²) in [6.07, 6.45) is 4.06. The molecule has 2 atom stereocenters. The van der Waals surface area contributed by atoms with Crippen molar-refractivity contribution in [1.82, 2.24) is 4.31 Å². The van der Waals surface area contributed by atoms with E-state index in [1.807, 2.05) is 0 Å². The molecule has 84 valence electrons. The predicted molar refractivity (Wildman–Crippen MR) is 55.7 cm³/mol. The molecule has 0 bridgehead atoms. The first kappa shape index (κ1) is 11.9. The Morgan fingerprint density at radius 1 is 1.36 bits per heavy atom. The third kappa shape index (κ3) is 2.66. The standard InChI is InChI=1S/C8H19N3O2S/c1-11(14(10,12)13)8-5-3-2-4-7(8)6-9/h7-8H,2-6,9H2,1H3,(H2,10,12,13). The SMILES string of the molecule is CN(C1CCCCC1CN)S(N)(=O)=O. The van der Waals surface area contributed by atoms with E-state index >= 15 is 0 Å². The fourth-order valence-corrected chi connectivity index (χ4v) is 2.79. The van der Waals surface area contributed by atoms with Crippen molar-refractivity contribution in [1.29, 1.82) is 0 Å². The minimum absolute atomic E-state index is 0.0104. The molecule has 0 aromatic heterocycles. The summed E-state index contributed by atoms with van der Waals surface area (Å²) in [4.78, 5) is 0. The van der Waals surface area contributed by atoms with E-state index in [1.165, 1.54) is 11.4 Å². The Hall–Kier alpha value is -0.170. The van der Waals surface area contributed by atoms with Gasteiger partial charge in [0.1, 0.15) is 0 Å². The highest BCUT2D eigenvalue weighted by atomic mass is 32.2. The largest absolute Gasteiger partial charge is 0.330 e. The average molecular weight is 221 g/mol. The Labute approximate surface area is 85.6 Å². The number of hydrogen-bond donors (Lipinski definition) is 2. The zero-order valence-corrected chi connectivity index (χ0v) is 9.33. The van der Waals surface area contributed by atoms with Crippen LogP contribution in [0.5, 0.6) is 0 Å². The molecule has 1 fully saturated rings. The van der Waals surface area contributed by atoms with Crippen molar-refractivity contribution >= 4 is 10.2 Å². The summed E-state index contributed by atoms with van der Waals surface area (Å²) in [7, 11) is -2.03. The second-order valence-corrected chi connectivity index (χ2v) is 5.51. The van der Waals surface area contributed by atoms with Gasteiger partial charge in [-0.3, -0.25) is 0 Å². The molecule has 4 N–H and O–H groups in total. The maximum atomic E-state index is 11.2. The fraction of sp³-hybridized carbons (Fsp3) is 1.00. The Morgan fingerprint density at radius 3 is 2.43 bits per heavy atom. The highest BCUT2D eigenvalue weighted by molar-refractivity contribution is 7.86. The minimum Gasteiger partial charge on any atom is -0.330 e. The monoisotopic (exact) mass is 221 g/mol. The summed E-state index contributed by atoms with van der Waals surface area (Å²) in [5, 5.41) is 5.08. The van der Waals surface area contributed by atoms with Gasteiger partial charge in [-0.25, -0.2) is 5.14 Å². The molecule has 0 radical (unpaired) electrons. The van der Waals surface area contributed by atoms with E-state index in [4.69, 9.17) is 10.9 Å². The average Bonchev–Trinajstić information content (AvgIpc) is 2.15. The first-order valence-electron chi connectivity index (χ1n) is 4.92. The Kier molecular flexibility index (Phi) is 3.88. The van der Waals surface area contributed by atoms with E-state index in [2.05, 4.69) is 0 Å². The van der Waals surface area contributed by atoms with Gasteiger partial charge in [0.2, 0.25) is 0 Å². The molecular weight excluding hydrogens is 202 g/mol. The van der Waals surface area contributed by atoms with Crippen LogP contribution in [0.4, 0.5) is 0 Å². The van der Waals surface area contributed by atoms with Crippen LogP contribution in [-0.4, -0.2) is 32.4 Å². The first-order valence-corrected chi connectivity index (χ1v) is 6.43. The topological polar surface area (TPSA) is 89.4 Å². The summed E-state index contributed by atoms with van der Waals surface area (Å²) in [5.41, 5.74) is 5.61. The van der Waals surface area contributed by atoms with Gasteiger partial charge in [0.25, 0.3) is 10.2 Å². The molecule has 1 rings (SSSR count). The van der Waals surface area contributed by atoms with Crippen LogP contribution >= 0.6 is 0 Å². The molecule has 0 spiro atoms. The van der Waals surface area contributed by atoms with Crippen LogP contribution in [0.3, 0.4) is 0 Å². The van der Waals surface area contributed by atoms with E-state index in [-0.39, 0.29) is 12.0 Å². The molecule has 1 aliphatic carbocycles. The van der Waals surface area contributed by atoms with Crippen LogP contribution in [0.25, 0.3) is 0 Å². The van der Waals surface area contributed by atoms with Crippen molar-refractivity contribution in [3.05, 3.63) is 0 Å². The molecule has 2 unspecified atom stereocenters. The van der Waals surface area contributed by atoms with Gasteiger partial charge >= 0.3 is 0 Å². The van der Waals surface area contributed by atoms with Gasteiger partial charge in [0, 0.05) is 13.1 Å². The van der Waals surface area contributed by atoms with Crippen molar-refractivity contribution in [2.75, 3.05) is 13.6 Å². The fourth-order valence-electron chi connectivity index (χ4n) is 2.13. The summed E-state index contributed by atoms with van der Waals surface area (Å²) in [6, 6.07) is -0.0104. The molecule has 0 aliphatic heterocycles. The smallest absolute Gasteiger partial charge is 0.276 e. The summed E-state index contributed by atoms with van der Waals surface area (Å²) < 4.78 is 23.6. The third-order valence-corrected chi connectivity index (χ3v) is 4.11. The van der Waals surface area contributed by atoms with Crippen molar-refractivity contribution < 1.29 is 8.42 Å². The minimum atomic E-state index is -3.57. The molecule has 1 aliphatic rings. The number of nitrogens with zero attached hydrogens (tertiary/aromatic N) is 1. The highest BCUT2D eigenvalue weighted by Gasteiger charge is 2.31. The zero-order chi connectivity index (χ0) is 10.8. The third-order valence-electron chi connectivity index (χ3n) is 3.04. The Bertz CT molecular complexity index is 278. The van der Waals surface area contributed by atoms with Crippen LogP contribution < -0.4 is 10.9 Å². The maximum absolute atomic E-state index is 11.2. The van der Waals surface area contributed by atoms with Crippen molar-refractivity contribution in [2.45, 2.75) is 31.7 Å². The molecular formula is C8H19N3O2S. The zero-order valence-electron chi connectivity index (χ0n) is 8.52. The molecule has 0 aromatic carbocycles. The van der Waals surface area contributed by atoms with Crippen LogP contribution in [-0.2, 0) is 10.2 Å². The summed E-state index contributed by atoms with van der Waals surface area (Å²) in [5.74, 6) is 0.257. The van der Waals surface area contributed by atoms with Crippen LogP contribution in [0.2, 0.25) is 0 Å². The molecule has 14 heavy (non-hydrogen) atoms. The quantitative estimate of drug-likeness (QED) is 0.682. The molecule has 5 nitrogen and oxygen atoms in total. The van der Waals surface area contributed by atoms with Crippen molar-refractivity contribution in [2.24, 2.45) is 16.8 Å². The lowest BCUT2D eigenvalue weighted by atomic mass is 9.85. The number of hydrogen-bond acceptors (Lipinski definition) is 3. The van der Waals surface area contributed by atoms with Gasteiger partial charge in [-0.1, -0.05) is 12.8 Å². The number of rotatable bonds is 3. The molecule has 0 aromatic rings. The Morgan fingerprint density at radius 2 is 1.93 bits per heavy atom. The summed E-state index contributed by atoms with van der Waals surface area (Å²) >= 11 is 0. The van der Waals surface area contributed by atoms with Gasteiger partial charge in [-0.15, -0.1) is 0 Å². The highest BCUT2D eigenvalue weighted by Crippen LogP contribution is 2.27. The number of nitrogens with two attached hydrogens (primary N) is 2. The Balaban J connectivity index is 2.73. The predicted octanol–water partition coefficient (Wildman–Crippen LogP) is -0.361. The molecule has 6 heteroatoms. The second-order valence-electron chi connectivity index (χ2n) is 3.91. The van der Waals surface area contributed by atoms with E-state index in [9.17, 15) is 8.42 Å². The van der Waals surface area contributed by atoms with Crippen molar-refractivity contribution in [3.8, 4) is 0 Å². The molecule has 0 heterocycles. The van der Waals surface area contributed by atoms with Gasteiger partial charge in [0.05, 0.1) is 0 Å². The van der Waals surface area contributed by atoms with Crippen molar-refractivity contribution in [3.63, 3.8) is 0 Å².